The number of hydrogen-bond acceptors (Lipinski definition) is 2. The second-order valence-corrected chi connectivity index (χ2v) is 5.94. The molecule has 0 atom stereocenters. The maximum atomic E-state index is 14.2. The van der Waals surface area contributed by atoms with Crippen LogP contribution in [-0.4, -0.2) is 19.9 Å². The van der Waals surface area contributed by atoms with Crippen LogP contribution in [0, 0.1) is 11.9 Å². The van der Waals surface area contributed by atoms with E-state index in [4.69, 9.17) is 0 Å². The minimum atomic E-state index is -0.309. The summed E-state index contributed by atoms with van der Waals surface area (Å²) in [5.74, 6) is -0.309. The predicted molar refractivity (Wildman–Crippen MR) is 97.7 cm³/mol. The molecule has 5 rings (SSSR count). The summed E-state index contributed by atoms with van der Waals surface area (Å²) >= 11 is 0. The molecule has 0 amide bonds. The normalized spacial score (nSPS) is 12.2. The van der Waals surface area contributed by atoms with Gasteiger partial charge in [0.1, 0.15) is 5.82 Å². The van der Waals surface area contributed by atoms with Gasteiger partial charge in [-0.05, 0) is 42.5 Å². The van der Waals surface area contributed by atoms with Crippen LogP contribution in [0.15, 0.2) is 36.4 Å². The van der Waals surface area contributed by atoms with Gasteiger partial charge in [0.15, 0.2) is 0 Å². The molecular formula is C20H12FFeN4-. The number of halogens is 1. The van der Waals surface area contributed by atoms with Crippen molar-refractivity contribution in [2.45, 2.75) is 0 Å². The smallest absolute Gasteiger partial charge is 0.147 e. The molecule has 26 heavy (non-hydrogen) atoms. The SMILES string of the molecule is Fc1cc2cc3nc(cc4nc(cc5[c-]cc(cc1[nH]2)[nH]5)C=C4)C=C3.[Fe]. The molecule has 0 aromatic carbocycles. The van der Waals surface area contributed by atoms with Crippen molar-refractivity contribution in [2.75, 3.05) is 0 Å². The van der Waals surface area contributed by atoms with Crippen LogP contribution in [0.25, 0.3) is 46.4 Å². The first-order valence-corrected chi connectivity index (χ1v) is 7.87. The zero-order valence-electron chi connectivity index (χ0n) is 13.4. The van der Waals surface area contributed by atoms with Gasteiger partial charge in [0.05, 0.1) is 22.6 Å². The average Bonchev–Trinajstić information content (AvgIpc) is 3.33. The van der Waals surface area contributed by atoms with E-state index in [0.717, 1.165) is 33.8 Å². The standard InChI is InChI=1S/C20H12FN4.Fe/c21-19-10-18-9-16-4-3-14(23-16)7-12-1-2-13(22-12)8-15-5-6-17(24-15)11-20(19)25-18;/h1-4,6-11,24-25H;/q-1;. The molecule has 0 radical (unpaired) electrons. The molecule has 6 heteroatoms. The van der Waals surface area contributed by atoms with Crippen LogP contribution in [0.5, 0.6) is 0 Å². The van der Waals surface area contributed by atoms with E-state index in [0.29, 0.717) is 11.0 Å². The molecule has 0 fully saturated rings. The molecule has 2 aliphatic heterocycles. The molecule has 0 saturated heterocycles. The molecule has 0 saturated carbocycles. The van der Waals surface area contributed by atoms with Gasteiger partial charge in [0.2, 0.25) is 0 Å². The molecule has 2 aliphatic rings. The number of fused-ring (bicyclic) bond motifs is 8. The zero-order chi connectivity index (χ0) is 16.8. The fraction of sp³-hybridized carbons (Fsp3) is 0. The average molecular weight is 383 g/mol. The van der Waals surface area contributed by atoms with Gasteiger partial charge in [-0.15, -0.1) is 6.07 Å². The Morgan fingerprint density at radius 3 is 2.12 bits per heavy atom. The molecule has 0 aliphatic carbocycles. The van der Waals surface area contributed by atoms with E-state index in [1.165, 1.54) is 6.07 Å². The maximum absolute atomic E-state index is 14.2. The maximum Gasteiger partial charge on any atom is 0.147 e. The molecule has 3 aromatic rings. The van der Waals surface area contributed by atoms with Crippen LogP contribution in [0.1, 0.15) is 22.8 Å². The molecule has 0 spiro atoms. The number of hydrogen-bond donors (Lipinski definition) is 2. The second-order valence-electron chi connectivity index (χ2n) is 5.94. The van der Waals surface area contributed by atoms with Gasteiger partial charge in [-0.2, -0.15) is 12.1 Å². The van der Waals surface area contributed by atoms with Gasteiger partial charge < -0.3 is 9.97 Å². The Bertz CT molecular complexity index is 1220. The van der Waals surface area contributed by atoms with Crippen LogP contribution in [0.4, 0.5) is 4.39 Å². The molecule has 128 valence electrons. The number of rotatable bonds is 0. The van der Waals surface area contributed by atoms with Gasteiger partial charge in [-0.25, -0.2) is 9.37 Å². The molecule has 8 bridgehead atoms. The molecule has 2 N–H and O–H groups in total. The number of aromatic nitrogens is 4. The van der Waals surface area contributed by atoms with Crippen molar-refractivity contribution in [3.05, 3.63) is 71.1 Å². The van der Waals surface area contributed by atoms with Crippen molar-refractivity contribution in [1.82, 2.24) is 19.9 Å². The summed E-state index contributed by atoms with van der Waals surface area (Å²) in [6.07, 6.45) is 7.70. The Balaban J connectivity index is 0.00000168. The zero-order valence-corrected chi connectivity index (χ0v) is 14.5. The summed E-state index contributed by atoms with van der Waals surface area (Å²) in [4.78, 5) is 15.3. The van der Waals surface area contributed by atoms with E-state index in [1.807, 2.05) is 42.5 Å². The third-order valence-electron chi connectivity index (χ3n) is 4.04. The van der Waals surface area contributed by atoms with Gasteiger partial charge >= 0.3 is 0 Å². The third kappa shape index (κ3) is 3.12. The van der Waals surface area contributed by atoms with E-state index < -0.39 is 0 Å². The van der Waals surface area contributed by atoms with Gasteiger partial charge in [0, 0.05) is 28.3 Å². The first-order chi connectivity index (χ1) is 12.2. The van der Waals surface area contributed by atoms with E-state index in [-0.39, 0.29) is 22.9 Å². The fourth-order valence-corrected chi connectivity index (χ4v) is 2.91. The molecule has 4 nitrogen and oxygen atoms in total. The molecule has 0 unspecified atom stereocenters. The van der Waals surface area contributed by atoms with Crippen LogP contribution in [0.2, 0.25) is 0 Å². The van der Waals surface area contributed by atoms with Crippen LogP contribution in [0.3, 0.4) is 0 Å². The Morgan fingerprint density at radius 1 is 0.731 bits per heavy atom. The van der Waals surface area contributed by atoms with Crippen molar-refractivity contribution in [3.8, 4) is 0 Å². The Kier molecular flexibility index (Phi) is 4.07. The van der Waals surface area contributed by atoms with Crippen LogP contribution < -0.4 is 0 Å². The van der Waals surface area contributed by atoms with Crippen LogP contribution in [-0.2, 0) is 17.1 Å². The van der Waals surface area contributed by atoms with E-state index in [9.17, 15) is 4.39 Å². The first-order valence-electron chi connectivity index (χ1n) is 7.87. The Labute approximate surface area is 159 Å². The molecule has 3 aromatic heterocycles. The summed E-state index contributed by atoms with van der Waals surface area (Å²) in [6, 6.07) is 13.7. The van der Waals surface area contributed by atoms with E-state index in [1.54, 1.807) is 12.1 Å². The third-order valence-corrected chi connectivity index (χ3v) is 4.04. The van der Waals surface area contributed by atoms with Gasteiger partial charge in [-0.3, -0.25) is 4.98 Å². The Hall–Kier alpha value is -2.95. The quantitative estimate of drug-likeness (QED) is 0.304. The van der Waals surface area contributed by atoms with Crippen molar-refractivity contribution in [1.29, 1.82) is 0 Å². The molecular weight excluding hydrogens is 371 g/mol. The number of nitrogens with zero attached hydrogens (tertiary/aromatic N) is 2. The number of H-pyrrole nitrogens is 2. The first kappa shape index (κ1) is 16.5. The summed E-state index contributed by atoms with van der Waals surface area (Å²) in [6.45, 7) is 0. The topological polar surface area (TPSA) is 57.4 Å². The van der Waals surface area contributed by atoms with Gasteiger partial charge in [0.25, 0.3) is 0 Å². The fourth-order valence-electron chi connectivity index (χ4n) is 2.91. The number of nitrogens with one attached hydrogen (secondary N) is 2. The van der Waals surface area contributed by atoms with Crippen molar-refractivity contribution >= 4 is 46.4 Å². The number of aromatic amines is 2. The summed E-state index contributed by atoms with van der Waals surface area (Å²) in [5, 5.41) is 0. The predicted octanol–water partition coefficient (Wildman–Crippen LogP) is 4.59. The van der Waals surface area contributed by atoms with E-state index >= 15 is 0 Å². The van der Waals surface area contributed by atoms with E-state index in [2.05, 4.69) is 26.0 Å². The monoisotopic (exact) mass is 383 g/mol. The minimum absolute atomic E-state index is 0. The van der Waals surface area contributed by atoms with Gasteiger partial charge in [-0.1, -0.05) is 17.1 Å². The largest absolute Gasteiger partial charge is 0.428 e. The summed E-state index contributed by atoms with van der Waals surface area (Å²) in [5.41, 5.74) is 5.87. The minimum Gasteiger partial charge on any atom is -0.428 e. The summed E-state index contributed by atoms with van der Waals surface area (Å²) in [7, 11) is 0. The summed E-state index contributed by atoms with van der Waals surface area (Å²) < 4.78 is 14.2. The van der Waals surface area contributed by atoms with Crippen molar-refractivity contribution in [2.24, 2.45) is 0 Å². The molecule has 5 heterocycles. The van der Waals surface area contributed by atoms with Crippen LogP contribution >= 0.6 is 0 Å². The Morgan fingerprint density at radius 2 is 1.38 bits per heavy atom. The van der Waals surface area contributed by atoms with Crippen molar-refractivity contribution in [3.63, 3.8) is 0 Å². The van der Waals surface area contributed by atoms with Crippen molar-refractivity contribution < 1.29 is 21.5 Å². The second kappa shape index (κ2) is 6.41.